The van der Waals surface area contributed by atoms with Crippen LogP contribution in [-0.2, 0) is 6.61 Å². The molecular weight excluding hydrogens is 377 g/mol. The van der Waals surface area contributed by atoms with Gasteiger partial charge in [0.1, 0.15) is 12.4 Å². The fraction of sp³-hybridized carbons (Fsp3) is 0.174. The molecule has 3 aromatic rings. The zero-order valence-electron chi connectivity index (χ0n) is 15.8. The lowest BCUT2D eigenvalue weighted by molar-refractivity contribution is 0.269. The van der Waals surface area contributed by atoms with Crippen LogP contribution in [0, 0.1) is 12.7 Å². The molecule has 0 N–H and O–H groups in total. The number of hydrogen-bond donors (Lipinski definition) is 0. The highest BCUT2D eigenvalue weighted by Crippen LogP contribution is 2.30. The number of benzene rings is 3. The Morgan fingerprint density at radius 1 is 1.00 bits per heavy atom. The SMILES string of the molecule is CCOc1cc(C=Nc2cccc(Cl)c2C)ccc1OCc1ccc(F)cc1. The molecule has 0 atom stereocenters. The highest BCUT2D eigenvalue weighted by molar-refractivity contribution is 6.31. The summed E-state index contributed by atoms with van der Waals surface area (Å²) in [4.78, 5) is 4.53. The molecule has 0 spiro atoms. The zero-order chi connectivity index (χ0) is 19.9. The number of rotatable bonds is 7. The van der Waals surface area contributed by atoms with Gasteiger partial charge in [-0.2, -0.15) is 0 Å². The Kier molecular flexibility index (Phi) is 6.66. The Bertz CT molecular complexity index is 971. The minimum Gasteiger partial charge on any atom is -0.490 e. The summed E-state index contributed by atoms with van der Waals surface area (Å²) in [5.41, 5.74) is 3.52. The zero-order valence-corrected chi connectivity index (χ0v) is 16.5. The van der Waals surface area contributed by atoms with Crippen molar-refractivity contribution in [2.45, 2.75) is 20.5 Å². The minimum absolute atomic E-state index is 0.266. The molecule has 0 radical (unpaired) electrons. The van der Waals surface area contributed by atoms with E-state index in [1.54, 1.807) is 18.3 Å². The van der Waals surface area contributed by atoms with Crippen LogP contribution in [0.25, 0.3) is 0 Å². The van der Waals surface area contributed by atoms with E-state index in [0.29, 0.717) is 29.7 Å². The van der Waals surface area contributed by atoms with Gasteiger partial charge in [0, 0.05) is 11.2 Å². The van der Waals surface area contributed by atoms with Gasteiger partial charge in [-0.15, -0.1) is 0 Å². The molecule has 0 fully saturated rings. The van der Waals surface area contributed by atoms with Crippen molar-refractivity contribution in [1.82, 2.24) is 0 Å². The Balaban J connectivity index is 1.77. The van der Waals surface area contributed by atoms with E-state index in [4.69, 9.17) is 21.1 Å². The first-order valence-corrected chi connectivity index (χ1v) is 9.38. The molecule has 0 aromatic heterocycles. The van der Waals surface area contributed by atoms with Gasteiger partial charge in [-0.3, -0.25) is 4.99 Å². The van der Waals surface area contributed by atoms with Crippen LogP contribution in [0.5, 0.6) is 11.5 Å². The van der Waals surface area contributed by atoms with Gasteiger partial charge in [0.05, 0.1) is 12.3 Å². The molecule has 0 saturated carbocycles. The molecule has 3 nitrogen and oxygen atoms in total. The molecule has 144 valence electrons. The first kappa shape index (κ1) is 19.9. The van der Waals surface area contributed by atoms with Crippen molar-refractivity contribution in [3.63, 3.8) is 0 Å². The average Bonchev–Trinajstić information content (AvgIpc) is 2.70. The molecule has 3 rings (SSSR count). The van der Waals surface area contributed by atoms with E-state index >= 15 is 0 Å². The summed E-state index contributed by atoms with van der Waals surface area (Å²) in [7, 11) is 0. The smallest absolute Gasteiger partial charge is 0.161 e. The summed E-state index contributed by atoms with van der Waals surface area (Å²) in [6.45, 7) is 4.70. The maximum atomic E-state index is 13.0. The molecule has 5 heteroatoms. The van der Waals surface area contributed by atoms with Gasteiger partial charge in [0.25, 0.3) is 0 Å². The van der Waals surface area contributed by atoms with Crippen LogP contribution in [0.15, 0.2) is 65.7 Å². The first-order chi connectivity index (χ1) is 13.6. The lowest BCUT2D eigenvalue weighted by atomic mass is 10.2. The van der Waals surface area contributed by atoms with Gasteiger partial charge in [-0.25, -0.2) is 4.39 Å². The molecular formula is C23H21ClFNO2. The van der Waals surface area contributed by atoms with E-state index in [1.807, 2.05) is 50.2 Å². The van der Waals surface area contributed by atoms with Crippen molar-refractivity contribution in [2.75, 3.05) is 6.61 Å². The quantitative estimate of drug-likeness (QED) is 0.425. The fourth-order valence-electron chi connectivity index (χ4n) is 2.61. The number of nitrogens with zero attached hydrogens (tertiary/aromatic N) is 1. The van der Waals surface area contributed by atoms with E-state index in [9.17, 15) is 4.39 Å². The highest BCUT2D eigenvalue weighted by Gasteiger charge is 2.07. The van der Waals surface area contributed by atoms with Crippen LogP contribution < -0.4 is 9.47 Å². The molecule has 0 aliphatic carbocycles. The van der Waals surface area contributed by atoms with Crippen LogP contribution in [0.3, 0.4) is 0 Å². The Hall–Kier alpha value is -2.85. The normalized spacial score (nSPS) is 11.0. The van der Waals surface area contributed by atoms with Crippen molar-refractivity contribution < 1.29 is 13.9 Å². The van der Waals surface area contributed by atoms with Crippen LogP contribution in [-0.4, -0.2) is 12.8 Å². The third-order valence-electron chi connectivity index (χ3n) is 4.17. The molecule has 28 heavy (non-hydrogen) atoms. The van der Waals surface area contributed by atoms with E-state index in [-0.39, 0.29) is 5.82 Å². The average molecular weight is 398 g/mol. The third kappa shape index (κ3) is 5.11. The molecule has 0 saturated heterocycles. The number of hydrogen-bond acceptors (Lipinski definition) is 3. The maximum absolute atomic E-state index is 13.0. The van der Waals surface area contributed by atoms with Crippen molar-refractivity contribution in [3.8, 4) is 11.5 Å². The van der Waals surface area contributed by atoms with Gasteiger partial charge < -0.3 is 9.47 Å². The van der Waals surface area contributed by atoms with Gasteiger partial charge >= 0.3 is 0 Å². The van der Waals surface area contributed by atoms with E-state index in [1.165, 1.54) is 12.1 Å². The van der Waals surface area contributed by atoms with Crippen LogP contribution in [0.2, 0.25) is 5.02 Å². The molecule has 0 amide bonds. The molecule has 3 aromatic carbocycles. The van der Waals surface area contributed by atoms with Gasteiger partial charge in [-0.1, -0.05) is 29.8 Å². The Labute approximate surface area is 169 Å². The maximum Gasteiger partial charge on any atom is 0.161 e. The predicted molar refractivity (Wildman–Crippen MR) is 112 cm³/mol. The van der Waals surface area contributed by atoms with E-state index in [0.717, 1.165) is 22.4 Å². The number of ether oxygens (including phenoxy) is 2. The topological polar surface area (TPSA) is 30.8 Å². The molecule has 0 heterocycles. The summed E-state index contributed by atoms with van der Waals surface area (Å²) in [6, 6.07) is 17.5. The Morgan fingerprint density at radius 2 is 1.79 bits per heavy atom. The van der Waals surface area contributed by atoms with Crippen LogP contribution >= 0.6 is 11.6 Å². The summed E-state index contributed by atoms with van der Waals surface area (Å²) >= 11 is 6.15. The van der Waals surface area contributed by atoms with Gasteiger partial charge in [0.2, 0.25) is 0 Å². The summed E-state index contributed by atoms with van der Waals surface area (Å²) in [5.74, 6) is 0.996. The minimum atomic E-state index is -0.266. The van der Waals surface area contributed by atoms with E-state index in [2.05, 4.69) is 4.99 Å². The molecule has 0 unspecified atom stereocenters. The lowest BCUT2D eigenvalue weighted by Gasteiger charge is -2.12. The van der Waals surface area contributed by atoms with Gasteiger partial charge in [-0.05, 0) is 73.0 Å². The van der Waals surface area contributed by atoms with Crippen LogP contribution in [0.1, 0.15) is 23.6 Å². The summed E-state index contributed by atoms with van der Waals surface area (Å²) in [5, 5.41) is 0.689. The summed E-state index contributed by atoms with van der Waals surface area (Å²) in [6.07, 6.45) is 1.77. The van der Waals surface area contributed by atoms with Crippen molar-refractivity contribution in [2.24, 2.45) is 4.99 Å². The van der Waals surface area contributed by atoms with Crippen LogP contribution in [0.4, 0.5) is 10.1 Å². The number of halogens is 2. The molecule has 0 aliphatic rings. The summed E-state index contributed by atoms with van der Waals surface area (Å²) < 4.78 is 24.6. The third-order valence-corrected chi connectivity index (χ3v) is 4.58. The standard InChI is InChI=1S/C23H21ClFNO2/c1-3-27-23-13-18(14-26-21-6-4-5-20(24)16(21)2)9-12-22(23)28-15-17-7-10-19(25)11-8-17/h4-14H,3,15H2,1-2H3. The second-order valence-electron chi connectivity index (χ2n) is 6.20. The monoisotopic (exact) mass is 397 g/mol. The second-order valence-corrected chi connectivity index (χ2v) is 6.60. The molecule has 0 bridgehead atoms. The van der Waals surface area contributed by atoms with Crippen molar-refractivity contribution >= 4 is 23.5 Å². The van der Waals surface area contributed by atoms with Gasteiger partial charge in [0.15, 0.2) is 11.5 Å². The largest absolute Gasteiger partial charge is 0.490 e. The fourth-order valence-corrected chi connectivity index (χ4v) is 2.78. The van der Waals surface area contributed by atoms with E-state index < -0.39 is 0 Å². The van der Waals surface area contributed by atoms with Crippen molar-refractivity contribution in [1.29, 1.82) is 0 Å². The number of aliphatic imine (C=N–C) groups is 1. The molecule has 0 aliphatic heterocycles. The highest BCUT2D eigenvalue weighted by atomic mass is 35.5. The lowest BCUT2D eigenvalue weighted by Crippen LogP contribution is -2.00. The first-order valence-electron chi connectivity index (χ1n) is 9.00. The Morgan fingerprint density at radius 3 is 2.54 bits per heavy atom. The second kappa shape index (κ2) is 9.38. The van der Waals surface area contributed by atoms with Crippen molar-refractivity contribution in [3.05, 3.63) is 88.2 Å². The predicted octanol–water partition coefficient (Wildman–Crippen LogP) is 6.52.